The summed E-state index contributed by atoms with van der Waals surface area (Å²) in [5.74, 6) is -0.374. The standard InChI is InChI=1S/C18H25FN4O4/c1-22-6-8-23(9-7-22)15-16(24)14(13-10-26-17(15)27-13)21-18(25)20-12-4-2-11(19)3-5-12/h2-5,13-17,24H,6-10H2,1H3,(H2,20,21,25)/t13-,14-,15-,16+,17-/m1/s1. The van der Waals surface area contributed by atoms with Gasteiger partial charge in [-0.25, -0.2) is 9.18 Å². The average Bonchev–Trinajstić information content (AvgIpc) is 3.08. The molecule has 2 bridgehead atoms. The van der Waals surface area contributed by atoms with Gasteiger partial charge in [0.15, 0.2) is 6.29 Å². The highest BCUT2D eigenvalue weighted by molar-refractivity contribution is 5.89. The van der Waals surface area contributed by atoms with Crippen LogP contribution < -0.4 is 10.6 Å². The molecule has 0 saturated carbocycles. The van der Waals surface area contributed by atoms with E-state index in [4.69, 9.17) is 9.47 Å². The number of benzene rings is 1. The maximum atomic E-state index is 13.0. The molecule has 0 aromatic heterocycles. The molecule has 0 radical (unpaired) electrons. The summed E-state index contributed by atoms with van der Waals surface area (Å²) in [6.07, 6.45) is -1.68. The van der Waals surface area contributed by atoms with Crippen LogP contribution in [-0.2, 0) is 9.47 Å². The minimum absolute atomic E-state index is 0.325. The molecule has 27 heavy (non-hydrogen) atoms. The molecule has 3 aliphatic rings. The number of nitrogens with one attached hydrogen (secondary N) is 2. The van der Waals surface area contributed by atoms with Gasteiger partial charge in [0.1, 0.15) is 11.9 Å². The zero-order valence-corrected chi connectivity index (χ0v) is 15.2. The Balaban J connectivity index is 1.42. The number of rotatable bonds is 3. The topological polar surface area (TPSA) is 86.3 Å². The molecule has 3 N–H and O–H groups in total. The van der Waals surface area contributed by atoms with E-state index in [1.165, 1.54) is 24.3 Å². The summed E-state index contributed by atoms with van der Waals surface area (Å²) in [7, 11) is 2.07. The highest BCUT2D eigenvalue weighted by Gasteiger charge is 2.52. The first-order valence-electron chi connectivity index (χ1n) is 9.22. The number of likely N-dealkylation sites (N-methyl/N-ethyl adjacent to an activating group) is 1. The van der Waals surface area contributed by atoms with E-state index in [1.54, 1.807) is 0 Å². The Labute approximate surface area is 157 Å². The SMILES string of the molecule is CN1CCN([C@H]2[C@@H]3OC[C@@H](O3)[C@@H](NC(=O)Nc3ccc(F)cc3)[C@@H]2O)CC1. The van der Waals surface area contributed by atoms with E-state index in [0.29, 0.717) is 12.3 Å². The van der Waals surface area contributed by atoms with Crippen molar-refractivity contribution >= 4 is 11.7 Å². The van der Waals surface area contributed by atoms with E-state index in [9.17, 15) is 14.3 Å². The van der Waals surface area contributed by atoms with E-state index in [1.807, 2.05) is 0 Å². The third kappa shape index (κ3) is 3.92. The van der Waals surface area contributed by atoms with E-state index in [0.717, 1.165) is 26.2 Å². The zero-order chi connectivity index (χ0) is 19.0. The van der Waals surface area contributed by atoms with Crippen molar-refractivity contribution in [2.24, 2.45) is 0 Å². The van der Waals surface area contributed by atoms with Gasteiger partial charge in [0.25, 0.3) is 0 Å². The first-order valence-corrected chi connectivity index (χ1v) is 9.22. The van der Waals surface area contributed by atoms with Crippen molar-refractivity contribution in [3.05, 3.63) is 30.1 Å². The minimum atomic E-state index is -0.807. The van der Waals surface area contributed by atoms with E-state index in [-0.39, 0.29) is 11.9 Å². The van der Waals surface area contributed by atoms with E-state index < -0.39 is 30.6 Å². The van der Waals surface area contributed by atoms with Gasteiger partial charge >= 0.3 is 6.03 Å². The van der Waals surface area contributed by atoms with E-state index >= 15 is 0 Å². The van der Waals surface area contributed by atoms with Gasteiger partial charge in [0, 0.05) is 31.9 Å². The van der Waals surface area contributed by atoms with Crippen LogP contribution in [0.15, 0.2) is 24.3 Å². The largest absolute Gasteiger partial charge is 0.389 e. The van der Waals surface area contributed by atoms with Crippen molar-refractivity contribution in [1.29, 1.82) is 0 Å². The molecule has 1 aromatic carbocycles. The van der Waals surface area contributed by atoms with Gasteiger partial charge < -0.3 is 30.1 Å². The van der Waals surface area contributed by atoms with Gasteiger partial charge in [0.2, 0.25) is 0 Å². The molecular formula is C18H25FN4O4. The number of nitrogens with zero attached hydrogens (tertiary/aromatic N) is 2. The molecule has 0 aliphatic carbocycles. The van der Waals surface area contributed by atoms with Crippen LogP contribution in [0.3, 0.4) is 0 Å². The molecule has 0 unspecified atom stereocenters. The van der Waals surface area contributed by atoms with Crippen LogP contribution >= 0.6 is 0 Å². The van der Waals surface area contributed by atoms with Gasteiger partial charge in [-0.3, -0.25) is 4.90 Å². The number of carbonyl (C=O) groups is 1. The minimum Gasteiger partial charge on any atom is -0.389 e. The number of amides is 2. The zero-order valence-electron chi connectivity index (χ0n) is 15.2. The summed E-state index contributed by atoms with van der Waals surface area (Å²) in [6, 6.07) is 4.11. The number of hydrogen-bond acceptors (Lipinski definition) is 6. The second-order valence-electron chi connectivity index (χ2n) is 7.33. The number of hydrogen-bond donors (Lipinski definition) is 3. The Morgan fingerprint density at radius 1 is 1.22 bits per heavy atom. The lowest BCUT2D eigenvalue weighted by Gasteiger charge is -2.46. The van der Waals surface area contributed by atoms with Gasteiger partial charge in [-0.1, -0.05) is 0 Å². The lowest BCUT2D eigenvalue weighted by molar-refractivity contribution is -0.184. The van der Waals surface area contributed by atoms with Gasteiger partial charge in [-0.15, -0.1) is 0 Å². The van der Waals surface area contributed by atoms with Crippen molar-refractivity contribution in [1.82, 2.24) is 15.1 Å². The van der Waals surface area contributed by atoms with Crippen molar-refractivity contribution in [3.63, 3.8) is 0 Å². The molecule has 3 aliphatic heterocycles. The van der Waals surface area contributed by atoms with Crippen molar-refractivity contribution in [2.75, 3.05) is 45.2 Å². The maximum Gasteiger partial charge on any atom is 0.319 e. The molecule has 3 saturated heterocycles. The Bertz CT molecular complexity index is 668. The van der Waals surface area contributed by atoms with Crippen molar-refractivity contribution < 1.29 is 23.8 Å². The predicted octanol–water partition coefficient (Wildman–Crippen LogP) is 0.0478. The quantitative estimate of drug-likeness (QED) is 0.687. The van der Waals surface area contributed by atoms with Crippen LogP contribution in [0.2, 0.25) is 0 Å². The Kier molecular flexibility index (Phi) is 5.29. The van der Waals surface area contributed by atoms with Crippen molar-refractivity contribution in [2.45, 2.75) is 30.6 Å². The smallest absolute Gasteiger partial charge is 0.319 e. The number of aliphatic hydroxyl groups is 1. The Hall–Kier alpha value is -1.78. The second kappa shape index (κ2) is 7.69. The third-order valence-corrected chi connectivity index (χ3v) is 5.49. The average molecular weight is 380 g/mol. The molecule has 148 valence electrons. The first kappa shape index (κ1) is 18.6. The number of fused-ring (bicyclic) bond motifs is 2. The summed E-state index contributed by atoms with van der Waals surface area (Å²) >= 11 is 0. The molecule has 4 rings (SSSR count). The molecular weight excluding hydrogens is 355 g/mol. The molecule has 8 nitrogen and oxygen atoms in total. The third-order valence-electron chi connectivity index (χ3n) is 5.49. The number of carbonyl (C=O) groups excluding carboxylic acids is 1. The molecule has 1 aromatic rings. The van der Waals surface area contributed by atoms with Gasteiger partial charge in [-0.05, 0) is 31.3 Å². The molecule has 2 amide bonds. The van der Waals surface area contributed by atoms with Crippen LogP contribution in [0.4, 0.5) is 14.9 Å². The number of halogens is 1. The lowest BCUT2D eigenvalue weighted by atomic mass is 9.94. The maximum absolute atomic E-state index is 13.0. The normalized spacial score (nSPS) is 34.4. The Morgan fingerprint density at radius 2 is 1.93 bits per heavy atom. The predicted molar refractivity (Wildman–Crippen MR) is 95.8 cm³/mol. The van der Waals surface area contributed by atoms with E-state index in [2.05, 4.69) is 27.5 Å². The van der Waals surface area contributed by atoms with Gasteiger partial charge in [-0.2, -0.15) is 0 Å². The molecule has 5 atom stereocenters. The number of piperazine rings is 1. The fourth-order valence-corrected chi connectivity index (χ4v) is 3.94. The number of urea groups is 1. The summed E-state index contributed by atoms with van der Waals surface area (Å²) in [6.45, 7) is 3.75. The van der Waals surface area contributed by atoms with Crippen LogP contribution in [0.1, 0.15) is 0 Å². The number of aliphatic hydroxyl groups excluding tert-OH is 1. The summed E-state index contributed by atoms with van der Waals surface area (Å²) in [4.78, 5) is 16.8. The van der Waals surface area contributed by atoms with Crippen molar-refractivity contribution in [3.8, 4) is 0 Å². The fraction of sp³-hybridized carbons (Fsp3) is 0.611. The molecule has 3 fully saturated rings. The monoisotopic (exact) mass is 380 g/mol. The van der Waals surface area contributed by atoms with Gasteiger partial charge in [0.05, 0.1) is 24.8 Å². The van der Waals surface area contributed by atoms with Crippen LogP contribution in [0, 0.1) is 5.82 Å². The molecule has 9 heteroatoms. The van der Waals surface area contributed by atoms with Crippen LogP contribution in [0.5, 0.6) is 0 Å². The summed E-state index contributed by atoms with van der Waals surface area (Å²) in [5.41, 5.74) is 0.469. The number of anilines is 1. The molecule has 3 heterocycles. The summed E-state index contributed by atoms with van der Waals surface area (Å²) < 4.78 is 24.6. The Morgan fingerprint density at radius 3 is 2.63 bits per heavy atom. The van der Waals surface area contributed by atoms with Crippen LogP contribution in [0.25, 0.3) is 0 Å². The summed E-state index contributed by atoms with van der Waals surface area (Å²) in [5, 5.41) is 16.4. The van der Waals surface area contributed by atoms with Crippen LogP contribution in [-0.4, -0.2) is 91.4 Å². The number of ether oxygens (including phenoxy) is 2. The first-order chi connectivity index (χ1) is 13.0. The lowest BCUT2D eigenvalue weighted by Crippen LogP contribution is -2.67. The second-order valence-corrected chi connectivity index (χ2v) is 7.33. The highest BCUT2D eigenvalue weighted by atomic mass is 19.1. The molecule has 0 spiro atoms. The highest BCUT2D eigenvalue weighted by Crippen LogP contribution is 2.32. The fourth-order valence-electron chi connectivity index (χ4n) is 3.94.